The molecule has 0 atom stereocenters. The van der Waals surface area contributed by atoms with Crippen LogP contribution in [0.2, 0.25) is 0 Å². The number of hydrogen-bond donors (Lipinski definition) is 0. The van der Waals surface area contributed by atoms with Gasteiger partial charge in [0.2, 0.25) is 0 Å². The van der Waals surface area contributed by atoms with E-state index in [1.807, 2.05) is 0 Å². The molecular weight excluding hydrogens is 216 g/mol. The van der Waals surface area contributed by atoms with Crippen molar-refractivity contribution in [1.82, 2.24) is 0 Å². The van der Waals surface area contributed by atoms with Crippen molar-refractivity contribution in [3.8, 4) is 0 Å². The highest BCUT2D eigenvalue weighted by Gasteiger charge is 2.30. The Morgan fingerprint density at radius 2 is 2.06 bits per heavy atom. The summed E-state index contributed by atoms with van der Waals surface area (Å²) in [4.78, 5) is 12.7. The predicted octanol–water partition coefficient (Wildman–Crippen LogP) is 2.83. The number of cyclic esters (lactones) is 1. The zero-order chi connectivity index (χ0) is 11.9. The van der Waals surface area contributed by atoms with Gasteiger partial charge in [0.1, 0.15) is 18.2 Å². The Morgan fingerprint density at radius 3 is 2.69 bits per heavy atom. The minimum Gasteiger partial charge on any atom is -0.444 e. The topological polar surface area (TPSA) is 29.5 Å². The van der Waals surface area contributed by atoms with Gasteiger partial charge in [-0.1, -0.05) is 0 Å². The van der Waals surface area contributed by atoms with Crippen LogP contribution in [0.15, 0.2) is 12.1 Å². The van der Waals surface area contributed by atoms with E-state index in [0.29, 0.717) is 0 Å². The maximum atomic E-state index is 13.4. The van der Waals surface area contributed by atoms with Gasteiger partial charge in [0, 0.05) is 17.7 Å². The Bertz CT molecular complexity index is 446. The van der Waals surface area contributed by atoms with E-state index >= 15 is 0 Å². The van der Waals surface area contributed by atoms with Crippen molar-refractivity contribution in [2.24, 2.45) is 0 Å². The van der Waals surface area contributed by atoms with E-state index in [9.17, 15) is 13.6 Å². The summed E-state index contributed by atoms with van der Waals surface area (Å²) in [5.74, 6) is -1.38. The zero-order valence-corrected chi connectivity index (χ0v) is 8.96. The van der Waals surface area contributed by atoms with Crippen molar-refractivity contribution in [2.45, 2.75) is 26.5 Å². The first-order valence-electron chi connectivity index (χ1n) is 4.94. The van der Waals surface area contributed by atoms with E-state index in [4.69, 9.17) is 4.74 Å². The third kappa shape index (κ3) is 1.62. The number of anilines is 1. The van der Waals surface area contributed by atoms with E-state index in [1.165, 1.54) is 4.90 Å². The molecule has 3 nitrogen and oxygen atoms in total. The molecule has 1 aromatic rings. The van der Waals surface area contributed by atoms with Crippen LogP contribution in [0.25, 0.3) is 0 Å². The van der Waals surface area contributed by atoms with Crippen LogP contribution in [0.3, 0.4) is 0 Å². The second kappa shape index (κ2) is 3.73. The van der Waals surface area contributed by atoms with E-state index < -0.39 is 17.7 Å². The molecule has 86 valence electrons. The smallest absolute Gasteiger partial charge is 0.414 e. The molecular formula is C11H11F2NO2. The van der Waals surface area contributed by atoms with Gasteiger partial charge in [-0.25, -0.2) is 13.6 Å². The third-order valence-electron chi connectivity index (χ3n) is 2.45. The number of hydrogen-bond acceptors (Lipinski definition) is 2. The fourth-order valence-electron chi connectivity index (χ4n) is 1.74. The highest BCUT2D eigenvalue weighted by Crippen LogP contribution is 2.31. The van der Waals surface area contributed by atoms with Crippen LogP contribution in [0.1, 0.15) is 19.4 Å². The van der Waals surface area contributed by atoms with Gasteiger partial charge in [0.05, 0.1) is 5.69 Å². The van der Waals surface area contributed by atoms with Gasteiger partial charge in [-0.05, 0) is 19.9 Å². The average Bonchev–Trinajstić information content (AvgIpc) is 2.15. The van der Waals surface area contributed by atoms with Crippen molar-refractivity contribution < 1.29 is 18.3 Å². The van der Waals surface area contributed by atoms with Crippen LogP contribution in [0.4, 0.5) is 19.3 Å². The van der Waals surface area contributed by atoms with Crippen LogP contribution < -0.4 is 4.90 Å². The number of carbonyl (C=O) groups excluding carboxylic acids is 1. The van der Waals surface area contributed by atoms with Crippen LogP contribution in [0, 0.1) is 11.6 Å². The quantitative estimate of drug-likeness (QED) is 0.738. The minimum atomic E-state index is -0.698. The maximum Gasteiger partial charge on any atom is 0.414 e. The van der Waals surface area contributed by atoms with E-state index in [-0.39, 0.29) is 23.9 Å². The summed E-state index contributed by atoms with van der Waals surface area (Å²) in [6, 6.07) is 1.72. The Morgan fingerprint density at radius 1 is 1.38 bits per heavy atom. The molecule has 0 N–H and O–H groups in total. The molecule has 0 saturated heterocycles. The molecule has 2 rings (SSSR count). The number of fused-ring (bicyclic) bond motifs is 1. The summed E-state index contributed by atoms with van der Waals surface area (Å²) < 4.78 is 31.4. The van der Waals surface area contributed by atoms with Gasteiger partial charge < -0.3 is 4.74 Å². The van der Waals surface area contributed by atoms with Crippen LogP contribution >= 0.6 is 0 Å². The lowest BCUT2D eigenvalue weighted by molar-refractivity contribution is 0.138. The Kier molecular flexibility index (Phi) is 2.53. The number of rotatable bonds is 1. The number of ether oxygens (including phenoxy) is 1. The van der Waals surface area contributed by atoms with Gasteiger partial charge in [-0.15, -0.1) is 0 Å². The zero-order valence-electron chi connectivity index (χ0n) is 8.96. The number of benzene rings is 1. The summed E-state index contributed by atoms with van der Waals surface area (Å²) in [5.41, 5.74) is 0.471. The first-order valence-corrected chi connectivity index (χ1v) is 4.94. The van der Waals surface area contributed by atoms with Crippen molar-refractivity contribution >= 4 is 11.8 Å². The molecule has 0 unspecified atom stereocenters. The van der Waals surface area contributed by atoms with Gasteiger partial charge in [-0.3, -0.25) is 4.90 Å². The largest absolute Gasteiger partial charge is 0.444 e. The van der Waals surface area contributed by atoms with Crippen molar-refractivity contribution in [1.29, 1.82) is 0 Å². The lowest BCUT2D eigenvalue weighted by Crippen LogP contribution is -2.41. The monoisotopic (exact) mass is 227 g/mol. The average molecular weight is 227 g/mol. The van der Waals surface area contributed by atoms with Crippen molar-refractivity contribution in [2.75, 3.05) is 4.90 Å². The number of carbonyl (C=O) groups is 1. The van der Waals surface area contributed by atoms with Gasteiger partial charge in [-0.2, -0.15) is 0 Å². The third-order valence-corrected chi connectivity index (χ3v) is 2.45. The Balaban J connectivity index is 2.58. The van der Waals surface area contributed by atoms with Crippen LogP contribution in [0.5, 0.6) is 0 Å². The number of halogens is 2. The summed E-state index contributed by atoms with van der Waals surface area (Å²) in [7, 11) is 0. The SMILES string of the molecule is CC(C)N1C(=O)OCc2c(F)cc(F)cc21. The summed E-state index contributed by atoms with van der Waals surface area (Å²) in [6.07, 6.45) is -0.576. The molecule has 0 radical (unpaired) electrons. The number of amides is 1. The summed E-state index contributed by atoms with van der Waals surface area (Å²) >= 11 is 0. The standard InChI is InChI=1S/C11H11F2NO2/c1-6(2)14-10-4-7(12)3-9(13)8(10)5-16-11(14)15/h3-4,6H,5H2,1-2H3. The Hall–Kier alpha value is -1.65. The molecule has 0 aromatic heterocycles. The molecule has 0 fully saturated rings. The van der Waals surface area contributed by atoms with Crippen molar-refractivity contribution in [3.05, 3.63) is 29.3 Å². The highest BCUT2D eigenvalue weighted by molar-refractivity contribution is 5.91. The summed E-state index contributed by atoms with van der Waals surface area (Å²) in [5, 5.41) is 0. The molecule has 0 bridgehead atoms. The normalized spacial score (nSPS) is 15.1. The fourth-order valence-corrected chi connectivity index (χ4v) is 1.74. The summed E-state index contributed by atoms with van der Waals surface area (Å²) in [6.45, 7) is 3.35. The number of nitrogens with zero attached hydrogens (tertiary/aromatic N) is 1. The molecule has 1 amide bonds. The van der Waals surface area contributed by atoms with Gasteiger partial charge in [0.25, 0.3) is 0 Å². The molecule has 1 aromatic carbocycles. The highest BCUT2D eigenvalue weighted by atomic mass is 19.1. The first-order chi connectivity index (χ1) is 7.50. The molecule has 1 aliphatic heterocycles. The van der Waals surface area contributed by atoms with Gasteiger partial charge in [0.15, 0.2) is 0 Å². The van der Waals surface area contributed by atoms with E-state index in [1.54, 1.807) is 13.8 Å². The molecule has 0 aliphatic carbocycles. The van der Waals surface area contributed by atoms with Gasteiger partial charge >= 0.3 is 6.09 Å². The predicted molar refractivity (Wildman–Crippen MR) is 54.2 cm³/mol. The second-order valence-corrected chi connectivity index (χ2v) is 3.90. The molecule has 0 saturated carbocycles. The van der Waals surface area contributed by atoms with E-state index in [2.05, 4.69) is 0 Å². The molecule has 1 aliphatic rings. The molecule has 1 heterocycles. The first kappa shape index (κ1) is 10.9. The van der Waals surface area contributed by atoms with Crippen LogP contribution in [-0.4, -0.2) is 12.1 Å². The van der Waals surface area contributed by atoms with E-state index in [0.717, 1.165) is 12.1 Å². The van der Waals surface area contributed by atoms with Crippen molar-refractivity contribution in [3.63, 3.8) is 0 Å². The minimum absolute atomic E-state index is 0.149. The molecule has 0 spiro atoms. The Labute approximate surface area is 91.6 Å². The lowest BCUT2D eigenvalue weighted by Gasteiger charge is -2.32. The van der Waals surface area contributed by atoms with Crippen LogP contribution in [-0.2, 0) is 11.3 Å². The molecule has 5 heteroatoms. The maximum absolute atomic E-state index is 13.4. The lowest BCUT2D eigenvalue weighted by atomic mass is 10.1. The molecule has 16 heavy (non-hydrogen) atoms. The second-order valence-electron chi connectivity index (χ2n) is 3.90. The fraction of sp³-hybridized carbons (Fsp3) is 0.364.